The smallest absolute Gasteiger partial charge is 0.266 e. The molecule has 1 aliphatic heterocycles. The Balaban J connectivity index is 2.24. The number of halogens is 1. The minimum absolute atomic E-state index is 0.104. The molecular weight excluding hydrogens is 322 g/mol. The minimum atomic E-state index is -0.104. The van der Waals surface area contributed by atoms with Crippen molar-refractivity contribution < 1.29 is 9.21 Å². The highest BCUT2D eigenvalue weighted by atomic mass is 79.9. The predicted molar refractivity (Wildman–Crippen MR) is 76.5 cm³/mol. The lowest BCUT2D eigenvalue weighted by Gasteiger charge is -2.10. The molecule has 17 heavy (non-hydrogen) atoms. The van der Waals surface area contributed by atoms with E-state index in [-0.39, 0.29) is 5.91 Å². The maximum atomic E-state index is 12.0. The number of furan rings is 1. The molecule has 1 amide bonds. The summed E-state index contributed by atoms with van der Waals surface area (Å²) in [7, 11) is 0. The Labute approximate surface area is 117 Å². The van der Waals surface area contributed by atoms with Gasteiger partial charge in [0.15, 0.2) is 4.67 Å². The molecular formula is C11H8BrNO2S2. The number of rotatable bonds is 3. The fraction of sp³-hybridized carbons (Fsp3) is 0.0909. The van der Waals surface area contributed by atoms with Crippen LogP contribution in [0.3, 0.4) is 0 Å². The van der Waals surface area contributed by atoms with Gasteiger partial charge in [0.05, 0.1) is 4.91 Å². The molecule has 6 heteroatoms. The highest BCUT2D eigenvalue weighted by Crippen LogP contribution is 2.32. The number of carbonyl (C=O) groups is 1. The molecule has 0 unspecified atom stereocenters. The van der Waals surface area contributed by atoms with Crippen LogP contribution in [0.5, 0.6) is 0 Å². The van der Waals surface area contributed by atoms with Gasteiger partial charge in [0.1, 0.15) is 10.1 Å². The van der Waals surface area contributed by atoms with Crippen molar-refractivity contribution in [3.05, 3.63) is 40.1 Å². The first-order chi connectivity index (χ1) is 8.11. The quantitative estimate of drug-likeness (QED) is 0.483. The summed E-state index contributed by atoms with van der Waals surface area (Å²) in [5, 5.41) is 0. The molecule has 1 fully saturated rings. The molecule has 0 aromatic carbocycles. The lowest BCUT2D eigenvalue weighted by molar-refractivity contribution is -0.121. The average Bonchev–Trinajstić information content (AvgIpc) is 2.79. The zero-order chi connectivity index (χ0) is 12.4. The predicted octanol–water partition coefficient (Wildman–Crippen LogP) is 3.43. The van der Waals surface area contributed by atoms with Crippen LogP contribution in [0.15, 0.2) is 38.8 Å². The van der Waals surface area contributed by atoms with Gasteiger partial charge in [-0.15, -0.1) is 6.58 Å². The Morgan fingerprint density at radius 1 is 1.59 bits per heavy atom. The molecule has 88 valence electrons. The van der Waals surface area contributed by atoms with Gasteiger partial charge >= 0.3 is 0 Å². The first-order valence-corrected chi connectivity index (χ1v) is 6.75. The van der Waals surface area contributed by atoms with Crippen LogP contribution in [0.4, 0.5) is 0 Å². The van der Waals surface area contributed by atoms with E-state index in [2.05, 4.69) is 22.5 Å². The fourth-order valence-corrected chi connectivity index (χ4v) is 2.90. The summed E-state index contributed by atoms with van der Waals surface area (Å²) < 4.78 is 6.49. The van der Waals surface area contributed by atoms with E-state index in [0.717, 1.165) is 0 Å². The second-order valence-corrected chi connectivity index (χ2v) is 5.68. The van der Waals surface area contributed by atoms with Crippen LogP contribution in [0.25, 0.3) is 6.08 Å². The van der Waals surface area contributed by atoms with Crippen LogP contribution < -0.4 is 0 Å². The van der Waals surface area contributed by atoms with Gasteiger partial charge in [0.2, 0.25) is 0 Å². The number of thioether (sulfide) groups is 1. The number of carbonyl (C=O) groups excluding carboxylic acids is 1. The van der Waals surface area contributed by atoms with Crippen LogP contribution >= 0.6 is 39.9 Å². The zero-order valence-electron chi connectivity index (χ0n) is 8.68. The average molecular weight is 330 g/mol. The van der Waals surface area contributed by atoms with Gasteiger partial charge in [0.25, 0.3) is 5.91 Å². The van der Waals surface area contributed by atoms with Crippen LogP contribution in [0, 0.1) is 0 Å². The van der Waals surface area contributed by atoms with E-state index in [1.165, 1.54) is 16.7 Å². The largest absolute Gasteiger partial charge is 0.450 e. The van der Waals surface area contributed by atoms with Gasteiger partial charge in [-0.05, 0) is 28.1 Å². The van der Waals surface area contributed by atoms with Crippen molar-refractivity contribution in [2.45, 2.75) is 0 Å². The highest BCUT2D eigenvalue weighted by Gasteiger charge is 2.31. The lowest BCUT2D eigenvalue weighted by Crippen LogP contribution is -2.27. The van der Waals surface area contributed by atoms with E-state index >= 15 is 0 Å². The van der Waals surface area contributed by atoms with Crippen molar-refractivity contribution >= 4 is 56.2 Å². The van der Waals surface area contributed by atoms with Crippen molar-refractivity contribution in [2.24, 2.45) is 0 Å². The summed E-state index contributed by atoms with van der Waals surface area (Å²) in [6.45, 7) is 4.03. The third-order valence-electron chi connectivity index (χ3n) is 2.05. The molecule has 1 aliphatic rings. The molecule has 0 N–H and O–H groups in total. The molecule has 0 radical (unpaired) electrons. The molecule has 0 aliphatic carbocycles. The molecule has 3 nitrogen and oxygen atoms in total. The minimum Gasteiger partial charge on any atom is -0.450 e. The van der Waals surface area contributed by atoms with Gasteiger partial charge in [-0.1, -0.05) is 30.1 Å². The third kappa shape index (κ3) is 2.70. The molecule has 1 aromatic heterocycles. The fourth-order valence-electron chi connectivity index (χ4n) is 1.32. The summed E-state index contributed by atoms with van der Waals surface area (Å²) in [6.07, 6.45) is 3.34. The normalized spacial score (nSPS) is 18.2. The Morgan fingerprint density at radius 2 is 2.35 bits per heavy atom. The first kappa shape index (κ1) is 12.6. The molecule has 1 saturated heterocycles. The number of thiocarbonyl (C=S) groups is 1. The molecule has 0 atom stereocenters. The molecule has 2 rings (SSSR count). The maximum absolute atomic E-state index is 12.0. The molecule has 0 spiro atoms. The van der Waals surface area contributed by atoms with Crippen molar-refractivity contribution in [1.82, 2.24) is 4.90 Å². The van der Waals surface area contributed by atoms with E-state index in [4.69, 9.17) is 16.6 Å². The monoisotopic (exact) mass is 329 g/mol. The number of hydrogen-bond acceptors (Lipinski definition) is 4. The first-order valence-electron chi connectivity index (χ1n) is 4.73. The lowest BCUT2D eigenvalue weighted by atomic mass is 10.3. The van der Waals surface area contributed by atoms with E-state index < -0.39 is 0 Å². The van der Waals surface area contributed by atoms with Crippen LogP contribution in [-0.4, -0.2) is 21.7 Å². The number of nitrogens with zero attached hydrogens (tertiary/aromatic N) is 1. The van der Waals surface area contributed by atoms with Crippen LogP contribution in [0.1, 0.15) is 5.76 Å². The molecule has 0 bridgehead atoms. The van der Waals surface area contributed by atoms with Crippen LogP contribution in [0.2, 0.25) is 0 Å². The van der Waals surface area contributed by atoms with Crippen molar-refractivity contribution in [1.29, 1.82) is 0 Å². The van der Waals surface area contributed by atoms with Crippen molar-refractivity contribution in [3.8, 4) is 0 Å². The topological polar surface area (TPSA) is 33.5 Å². The Hall–Kier alpha value is -0.850. The van der Waals surface area contributed by atoms with Crippen LogP contribution in [-0.2, 0) is 4.79 Å². The van der Waals surface area contributed by atoms with Gasteiger partial charge in [-0.3, -0.25) is 9.69 Å². The van der Waals surface area contributed by atoms with Gasteiger partial charge in [-0.25, -0.2) is 0 Å². The second kappa shape index (κ2) is 5.20. The van der Waals surface area contributed by atoms with Crippen molar-refractivity contribution in [3.63, 3.8) is 0 Å². The summed E-state index contributed by atoms with van der Waals surface area (Å²) in [6, 6.07) is 3.56. The maximum Gasteiger partial charge on any atom is 0.266 e. The standard InChI is InChI=1S/C11H8BrNO2S2/c1-2-5-13-10(14)8(17-11(13)16)6-7-3-4-9(12)15-7/h2-4,6H,1,5H2/b8-6+. The summed E-state index contributed by atoms with van der Waals surface area (Å²) in [4.78, 5) is 14.0. The Bertz CT molecular complexity index is 521. The second-order valence-electron chi connectivity index (χ2n) is 3.22. The summed E-state index contributed by atoms with van der Waals surface area (Å²) in [5.41, 5.74) is 0. The highest BCUT2D eigenvalue weighted by molar-refractivity contribution is 9.10. The Morgan fingerprint density at radius 3 is 2.94 bits per heavy atom. The number of amides is 1. The molecule has 2 heterocycles. The van der Waals surface area contributed by atoms with E-state index in [0.29, 0.717) is 26.2 Å². The van der Waals surface area contributed by atoms with Crippen molar-refractivity contribution in [2.75, 3.05) is 6.54 Å². The SMILES string of the molecule is C=CCN1C(=O)/C(=C\c2ccc(Br)o2)SC1=S. The zero-order valence-corrected chi connectivity index (χ0v) is 11.9. The van der Waals surface area contributed by atoms with E-state index in [9.17, 15) is 4.79 Å². The molecule has 0 saturated carbocycles. The third-order valence-corrected chi connectivity index (χ3v) is 3.86. The summed E-state index contributed by atoms with van der Waals surface area (Å²) in [5.74, 6) is 0.517. The number of hydrogen-bond donors (Lipinski definition) is 0. The Kier molecular flexibility index (Phi) is 3.86. The van der Waals surface area contributed by atoms with E-state index in [1.54, 1.807) is 24.3 Å². The van der Waals surface area contributed by atoms with E-state index in [1.807, 2.05) is 0 Å². The van der Waals surface area contributed by atoms with Gasteiger partial charge < -0.3 is 4.42 Å². The van der Waals surface area contributed by atoms with Gasteiger partial charge in [0, 0.05) is 12.6 Å². The summed E-state index contributed by atoms with van der Waals surface area (Å²) >= 11 is 9.60. The molecule has 1 aromatic rings. The van der Waals surface area contributed by atoms with Gasteiger partial charge in [-0.2, -0.15) is 0 Å².